The third-order valence-corrected chi connectivity index (χ3v) is 5.88. The number of nitrogens with zero attached hydrogens (tertiary/aromatic N) is 1. The van der Waals surface area contributed by atoms with Crippen molar-refractivity contribution in [3.63, 3.8) is 0 Å². The first-order valence-electron chi connectivity index (χ1n) is 8.11. The van der Waals surface area contributed by atoms with Crippen molar-refractivity contribution < 1.29 is 18.7 Å². The Morgan fingerprint density at radius 2 is 1.79 bits per heavy atom. The third-order valence-electron chi connectivity index (χ3n) is 3.79. The Kier molecular flexibility index (Phi) is 6.74. The molecular weight excluding hydrogens is 513 g/mol. The minimum atomic E-state index is -0.376. The van der Waals surface area contributed by atoms with Crippen molar-refractivity contribution in [2.24, 2.45) is 0 Å². The van der Waals surface area contributed by atoms with Crippen LogP contribution < -0.4 is 4.74 Å². The molecule has 1 fully saturated rings. The summed E-state index contributed by atoms with van der Waals surface area (Å²) in [5.74, 6) is -0.116. The Bertz CT molecular complexity index is 953. The summed E-state index contributed by atoms with van der Waals surface area (Å²) in [6.07, 6.45) is 3.30. The molecule has 4 nitrogen and oxygen atoms in total. The van der Waals surface area contributed by atoms with E-state index in [0.29, 0.717) is 31.8 Å². The largest absolute Gasteiger partial charge is 0.487 e. The number of benzene rings is 2. The SMILES string of the molecule is C=CCOc1c(Br)cc(C=C2SC(=O)N(Cc3ccc(F)cc3)C2=O)cc1Br. The highest BCUT2D eigenvalue weighted by atomic mass is 79.9. The highest BCUT2D eigenvalue weighted by molar-refractivity contribution is 9.11. The predicted molar refractivity (Wildman–Crippen MR) is 115 cm³/mol. The van der Waals surface area contributed by atoms with Crippen LogP contribution in [0.2, 0.25) is 0 Å². The second kappa shape index (κ2) is 9.07. The van der Waals surface area contributed by atoms with Gasteiger partial charge in [-0.25, -0.2) is 4.39 Å². The highest BCUT2D eigenvalue weighted by Gasteiger charge is 2.35. The number of hydrogen-bond donors (Lipinski definition) is 0. The number of halogens is 3. The van der Waals surface area contributed by atoms with Gasteiger partial charge in [0.2, 0.25) is 0 Å². The van der Waals surface area contributed by atoms with E-state index in [1.807, 2.05) is 0 Å². The number of rotatable bonds is 6. The maximum absolute atomic E-state index is 13.0. The molecule has 3 rings (SSSR count). The number of carbonyl (C=O) groups excluding carboxylic acids is 2. The summed E-state index contributed by atoms with van der Waals surface area (Å²) in [5.41, 5.74) is 1.41. The van der Waals surface area contributed by atoms with E-state index in [9.17, 15) is 14.0 Å². The van der Waals surface area contributed by atoms with Crippen molar-refractivity contribution in [3.8, 4) is 5.75 Å². The monoisotopic (exact) mass is 525 g/mol. The molecule has 8 heteroatoms. The van der Waals surface area contributed by atoms with Gasteiger partial charge in [0.1, 0.15) is 18.2 Å². The Hall–Kier alpha value is -1.90. The Balaban J connectivity index is 1.81. The Labute approximate surface area is 182 Å². The van der Waals surface area contributed by atoms with Crippen LogP contribution in [0.25, 0.3) is 6.08 Å². The van der Waals surface area contributed by atoms with Gasteiger partial charge in [0, 0.05) is 0 Å². The molecule has 0 spiro atoms. The lowest BCUT2D eigenvalue weighted by Gasteiger charge is -2.12. The summed E-state index contributed by atoms with van der Waals surface area (Å²) >= 11 is 7.77. The van der Waals surface area contributed by atoms with Gasteiger partial charge in [0.05, 0.1) is 20.4 Å². The highest BCUT2D eigenvalue weighted by Crippen LogP contribution is 2.38. The van der Waals surface area contributed by atoms with Crippen LogP contribution in [-0.4, -0.2) is 22.7 Å². The summed E-state index contributed by atoms with van der Waals surface area (Å²) in [6, 6.07) is 9.32. The first-order chi connectivity index (χ1) is 13.4. The van der Waals surface area contributed by atoms with Crippen LogP contribution in [0.1, 0.15) is 11.1 Å². The fourth-order valence-corrected chi connectivity index (χ4v) is 4.79. The van der Waals surface area contributed by atoms with Crippen LogP contribution in [0, 0.1) is 5.82 Å². The number of amides is 2. The van der Waals surface area contributed by atoms with Gasteiger partial charge < -0.3 is 4.74 Å². The van der Waals surface area contributed by atoms with Crippen molar-refractivity contribution in [1.29, 1.82) is 0 Å². The lowest BCUT2D eigenvalue weighted by Crippen LogP contribution is -2.27. The molecule has 0 aliphatic carbocycles. The van der Waals surface area contributed by atoms with E-state index in [1.165, 1.54) is 12.1 Å². The van der Waals surface area contributed by atoms with Crippen molar-refractivity contribution in [1.82, 2.24) is 4.90 Å². The van der Waals surface area contributed by atoms with Gasteiger partial charge in [-0.3, -0.25) is 14.5 Å². The molecule has 144 valence electrons. The molecule has 1 heterocycles. The van der Waals surface area contributed by atoms with E-state index in [1.54, 1.807) is 36.4 Å². The second-order valence-electron chi connectivity index (χ2n) is 5.81. The van der Waals surface area contributed by atoms with Gasteiger partial charge in [0.25, 0.3) is 11.1 Å². The normalized spacial score (nSPS) is 15.4. The zero-order valence-corrected chi connectivity index (χ0v) is 18.4. The average molecular weight is 527 g/mol. The zero-order valence-electron chi connectivity index (χ0n) is 14.5. The second-order valence-corrected chi connectivity index (χ2v) is 8.51. The van der Waals surface area contributed by atoms with Gasteiger partial charge >= 0.3 is 0 Å². The van der Waals surface area contributed by atoms with Crippen LogP contribution in [0.5, 0.6) is 5.75 Å². The van der Waals surface area contributed by atoms with Crippen molar-refractivity contribution >= 4 is 60.8 Å². The summed E-state index contributed by atoms with van der Waals surface area (Å²) < 4.78 is 20.0. The minimum Gasteiger partial charge on any atom is -0.487 e. The van der Waals surface area contributed by atoms with Crippen LogP contribution in [0.15, 0.2) is 62.9 Å². The predicted octanol–water partition coefficient (Wildman–Crippen LogP) is 6.15. The van der Waals surface area contributed by atoms with E-state index in [4.69, 9.17) is 4.74 Å². The molecule has 28 heavy (non-hydrogen) atoms. The van der Waals surface area contributed by atoms with E-state index in [2.05, 4.69) is 38.4 Å². The first-order valence-corrected chi connectivity index (χ1v) is 10.5. The van der Waals surface area contributed by atoms with Crippen molar-refractivity contribution in [2.45, 2.75) is 6.54 Å². The molecule has 1 aliphatic rings. The maximum Gasteiger partial charge on any atom is 0.293 e. The van der Waals surface area contributed by atoms with E-state index in [-0.39, 0.29) is 23.5 Å². The lowest BCUT2D eigenvalue weighted by molar-refractivity contribution is -0.123. The number of carbonyl (C=O) groups is 2. The minimum absolute atomic E-state index is 0.101. The molecule has 2 aromatic rings. The Morgan fingerprint density at radius 1 is 1.14 bits per heavy atom. The summed E-state index contributed by atoms with van der Waals surface area (Å²) in [6.45, 7) is 4.08. The van der Waals surface area contributed by atoms with Crippen molar-refractivity contribution in [2.75, 3.05) is 6.61 Å². The van der Waals surface area contributed by atoms with Gasteiger partial charge in [-0.2, -0.15) is 0 Å². The van der Waals surface area contributed by atoms with Crippen LogP contribution in [-0.2, 0) is 11.3 Å². The molecular formula is C20H14Br2FNO3S. The van der Waals surface area contributed by atoms with Gasteiger partial charge in [0.15, 0.2) is 0 Å². The van der Waals surface area contributed by atoms with Gasteiger partial charge in [-0.1, -0.05) is 24.8 Å². The quantitative estimate of drug-likeness (QED) is 0.334. The molecule has 2 amide bonds. The van der Waals surface area contributed by atoms with Crippen LogP contribution in [0.4, 0.5) is 9.18 Å². The topological polar surface area (TPSA) is 46.6 Å². The fourth-order valence-electron chi connectivity index (χ4n) is 2.50. The number of imide groups is 1. The van der Waals surface area contributed by atoms with E-state index >= 15 is 0 Å². The summed E-state index contributed by atoms with van der Waals surface area (Å²) in [5, 5.41) is -0.357. The molecule has 0 atom stereocenters. The fraction of sp³-hybridized carbons (Fsp3) is 0.100. The molecule has 0 bridgehead atoms. The summed E-state index contributed by atoms with van der Waals surface area (Å²) in [4.78, 5) is 26.4. The van der Waals surface area contributed by atoms with Gasteiger partial charge in [-0.15, -0.1) is 0 Å². The van der Waals surface area contributed by atoms with E-state index < -0.39 is 0 Å². The molecule has 0 aromatic heterocycles. The average Bonchev–Trinajstić information content (AvgIpc) is 2.90. The molecule has 1 aliphatic heterocycles. The molecule has 2 aromatic carbocycles. The third kappa shape index (κ3) is 4.74. The van der Waals surface area contributed by atoms with Crippen molar-refractivity contribution in [3.05, 3.63) is 79.8 Å². The van der Waals surface area contributed by atoms with Gasteiger partial charge in [-0.05, 0) is 85.1 Å². The molecule has 0 saturated carbocycles. The standard InChI is InChI=1S/C20H14Br2FNO3S/c1-2-7-27-18-15(21)8-13(9-16(18)22)10-17-19(25)24(20(26)28-17)11-12-3-5-14(23)6-4-12/h2-6,8-10H,1,7,11H2. The smallest absolute Gasteiger partial charge is 0.293 e. The molecule has 0 unspecified atom stereocenters. The number of ether oxygens (including phenoxy) is 1. The lowest BCUT2D eigenvalue weighted by atomic mass is 10.2. The molecule has 1 saturated heterocycles. The first kappa shape index (κ1) is 20.8. The maximum atomic E-state index is 13.0. The molecule has 0 N–H and O–H groups in total. The summed E-state index contributed by atoms with van der Waals surface area (Å²) in [7, 11) is 0. The Morgan fingerprint density at radius 3 is 2.39 bits per heavy atom. The number of hydrogen-bond acceptors (Lipinski definition) is 4. The van der Waals surface area contributed by atoms with Crippen LogP contribution >= 0.6 is 43.6 Å². The van der Waals surface area contributed by atoms with E-state index in [0.717, 1.165) is 22.2 Å². The number of thioether (sulfide) groups is 1. The molecule has 0 radical (unpaired) electrons. The zero-order chi connectivity index (χ0) is 20.3. The van der Waals surface area contributed by atoms with Crippen LogP contribution in [0.3, 0.4) is 0 Å².